The number of nitriles is 1. The standard InChI is InChI=1S/C12H22N2S/c1-2-15-10-7-12(11-13)14-8-5-3-4-6-9-14/h12H,2-10H2,1H3. The van der Waals surface area contributed by atoms with Gasteiger partial charge in [-0.05, 0) is 43.9 Å². The molecule has 0 amide bonds. The molecule has 1 unspecified atom stereocenters. The van der Waals surface area contributed by atoms with Gasteiger partial charge in [-0.25, -0.2) is 0 Å². The van der Waals surface area contributed by atoms with Gasteiger partial charge >= 0.3 is 0 Å². The molecule has 1 aliphatic rings. The van der Waals surface area contributed by atoms with E-state index >= 15 is 0 Å². The molecule has 0 aromatic heterocycles. The fraction of sp³-hybridized carbons (Fsp3) is 0.917. The van der Waals surface area contributed by atoms with Crippen LogP contribution in [0.1, 0.15) is 39.0 Å². The first kappa shape index (κ1) is 12.9. The summed E-state index contributed by atoms with van der Waals surface area (Å²) in [5.41, 5.74) is 0. The van der Waals surface area contributed by atoms with Gasteiger partial charge in [0.15, 0.2) is 0 Å². The summed E-state index contributed by atoms with van der Waals surface area (Å²) in [4.78, 5) is 2.39. The van der Waals surface area contributed by atoms with Crippen molar-refractivity contribution in [1.82, 2.24) is 4.90 Å². The summed E-state index contributed by atoms with van der Waals surface area (Å²) in [5.74, 6) is 2.30. The first-order valence-electron chi connectivity index (χ1n) is 6.10. The molecule has 0 saturated carbocycles. The summed E-state index contributed by atoms with van der Waals surface area (Å²) in [6, 6.07) is 2.64. The van der Waals surface area contributed by atoms with Crippen molar-refractivity contribution in [3.05, 3.63) is 0 Å². The van der Waals surface area contributed by atoms with E-state index in [0.29, 0.717) is 0 Å². The van der Waals surface area contributed by atoms with Gasteiger partial charge in [0.05, 0.1) is 12.1 Å². The van der Waals surface area contributed by atoms with Crippen LogP contribution in [0.3, 0.4) is 0 Å². The topological polar surface area (TPSA) is 27.0 Å². The monoisotopic (exact) mass is 226 g/mol. The van der Waals surface area contributed by atoms with E-state index in [2.05, 4.69) is 17.9 Å². The molecule has 0 radical (unpaired) electrons. The SMILES string of the molecule is CCSCCC(C#N)N1CCCCCC1. The number of rotatable bonds is 5. The predicted molar refractivity (Wildman–Crippen MR) is 67.1 cm³/mol. The minimum atomic E-state index is 0.169. The van der Waals surface area contributed by atoms with E-state index in [9.17, 15) is 0 Å². The van der Waals surface area contributed by atoms with Crippen LogP contribution in [0.5, 0.6) is 0 Å². The first-order chi connectivity index (χ1) is 7.38. The maximum absolute atomic E-state index is 9.17. The van der Waals surface area contributed by atoms with Gasteiger partial charge in [-0.15, -0.1) is 0 Å². The lowest BCUT2D eigenvalue weighted by molar-refractivity contribution is 0.239. The van der Waals surface area contributed by atoms with Crippen molar-refractivity contribution in [2.24, 2.45) is 0 Å². The number of thioether (sulfide) groups is 1. The maximum atomic E-state index is 9.17. The van der Waals surface area contributed by atoms with Crippen molar-refractivity contribution in [2.45, 2.75) is 45.1 Å². The average Bonchev–Trinajstić information content (AvgIpc) is 2.53. The van der Waals surface area contributed by atoms with Crippen LogP contribution in [0.2, 0.25) is 0 Å². The Morgan fingerprint density at radius 2 is 1.93 bits per heavy atom. The Bertz CT molecular complexity index is 192. The van der Waals surface area contributed by atoms with Gasteiger partial charge in [-0.3, -0.25) is 4.90 Å². The minimum absolute atomic E-state index is 0.169. The molecule has 1 rings (SSSR count). The fourth-order valence-corrected chi connectivity index (χ4v) is 2.75. The summed E-state index contributed by atoms with van der Waals surface area (Å²) < 4.78 is 0. The predicted octanol–water partition coefficient (Wildman–Crippen LogP) is 2.90. The lowest BCUT2D eigenvalue weighted by Gasteiger charge is -2.25. The van der Waals surface area contributed by atoms with E-state index in [0.717, 1.165) is 31.0 Å². The lowest BCUT2D eigenvalue weighted by atomic mass is 10.2. The molecule has 0 aliphatic carbocycles. The third kappa shape index (κ3) is 4.90. The highest BCUT2D eigenvalue weighted by atomic mass is 32.2. The summed E-state index contributed by atoms with van der Waals surface area (Å²) in [7, 11) is 0. The van der Waals surface area contributed by atoms with Gasteiger partial charge in [-0.1, -0.05) is 19.8 Å². The van der Waals surface area contributed by atoms with Crippen LogP contribution in [0.25, 0.3) is 0 Å². The highest BCUT2D eigenvalue weighted by molar-refractivity contribution is 7.99. The van der Waals surface area contributed by atoms with Crippen LogP contribution < -0.4 is 0 Å². The van der Waals surface area contributed by atoms with Gasteiger partial charge in [0.1, 0.15) is 0 Å². The van der Waals surface area contributed by atoms with Crippen LogP contribution in [-0.4, -0.2) is 35.5 Å². The van der Waals surface area contributed by atoms with Crippen molar-refractivity contribution in [3.63, 3.8) is 0 Å². The average molecular weight is 226 g/mol. The van der Waals surface area contributed by atoms with Gasteiger partial charge < -0.3 is 0 Å². The second kappa shape index (κ2) is 8.01. The quantitative estimate of drug-likeness (QED) is 0.674. The number of hydrogen-bond donors (Lipinski definition) is 0. The molecule has 1 heterocycles. The molecular weight excluding hydrogens is 204 g/mol. The molecule has 0 aromatic rings. The molecule has 2 nitrogen and oxygen atoms in total. The van der Waals surface area contributed by atoms with Crippen molar-refractivity contribution < 1.29 is 0 Å². The van der Waals surface area contributed by atoms with Crippen LogP contribution in [0, 0.1) is 11.3 Å². The van der Waals surface area contributed by atoms with Gasteiger partial charge in [0.2, 0.25) is 0 Å². The normalized spacial score (nSPS) is 20.5. The Labute approximate surface area is 98.0 Å². The highest BCUT2D eigenvalue weighted by Gasteiger charge is 2.18. The maximum Gasteiger partial charge on any atom is 0.0985 e. The smallest absolute Gasteiger partial charge is 0.0985 e. The third-order valence-corrected chi connectivity index (χ3v) is 3.90. The van der Waals surface area contributed by atoms with Crippen LogP contribution >= 0.6 is 11.8 Å². The molecule has 86 valence electrons. The van der Waals surface area contributed by atoms with Crippen LogP contribution in [-0.2, 0) is 0 Å². The van der Waals surface area contributed by atoms with Crippen molar-refractivity contribution in [3.8, 4) is 6.07 Å². The zero-order chi connectivity index (χ0) is 10.9. The Morgan fingerprint density at radius 1 is 1.27 bits per heavy atom. The Morgan fingerprint density at radius 3 is 2.47 bits per heavy atom. The molecule has 15 heavy (non-hydrogen) atoms. The van der Waals surface area contributed by atoms with Crippen LogP contribution in [0.4, 0.5) is 0 Å². The second-order valence-corrected chi connectivity index (χ2v) is 5.47. The first-order valence-corrected chi connectivity index (χ1v) is 7.25. The summed E-state index contributed by atoms with van der Waals surface area (Å²) in [6.07, 6.45) is 6.28. The highest BCUT2D eigenvalue weighted by Crippen LogP contribution is 2.15. The number of nitrogens with zero attached hydrogens (tertiary/aromatic N) is 2. The third-order valence-electron chi connectivity index (χ3n) is 2.97. The summed E-state index contributed by atoms with van der Waals surface area (Å²) in [5, 5.41) is 9.17. The van der Waals surface area contributed by atoms with Crippen LogP contribution in [0.15, 0.2) is 0 Å². The fourth-order valence-electron chi connectivity index (χ4n) is 2.07. The van der Waals surface area contributed by atoms with E-state index < -0.39 is 0 Å². The molecule has 3 heteroatoms. The number of likely N-dealkylation sites (tertiary alicyclic amines) is 1. The van der Waals surface area contributed by atoms with Gasteiger partial charge in [-0.2, -0.15) is 17.0 Å². The largest absolute Gasteiger partial charge is 0.288 e. The van der Waals surface area contributed by atoms with E-state index in [4.69, 9.17) is 5.26 Å². The molecule has 0 aromatic carbocycles. The number of hydrogen-bond acceptors (Lipinski definition) is 3. The molecule has 1 saturated heterocycles. The molecule has 1 atom stereocenters. The molecular formula is C12H22N2S. The second-order valence-electron chi connectivity index (χ2n) is 4.08. The van der Waals surface area contributed by atoms with Crippen molar-refractivity contribution in [1.29, 1.82) is 5.26 Å². The Kier molecular flexibility index (Phi) is 6.87. The molecule has 1 aliphatic heterocycles. The Hall–Kier alpha value is -0.200. The van der Waals surface area contributed by atoms with Gasteiger partial charge in [0, 0.05) is 0 Å². The summed E-state index contributed by atoms with van der Waals surface area (Å²) >= 11 is 1.94. The van der Waals surface area contributed by atoms with Crippen molar-refractivity contribution >= 4 is 11.8 Å². The van der Waals surface area contributed by atoms with E-state index in [1.807, 2.05) is 11.8 Å². The summed E-state index contributed by atoms with van der Waals surface area (Å²) in [6.45, 7) is 4.45. The van der Waals surface area contributed by atoms with E-state index in [1.54, 1.807) is 0 Å². The Balaban J connectivity index is 2.31. The zero-order valence-corrected chi connectivity index (χ0v) is 10.6. The molecule has 1 fully saturated rings. The lowest BCUT2D eigenvalue weighted by Crippen LogP contribution is -2.35. The zero-order valence-electron chi connectivity index (χ0n) is 9.74. The molecule has 0 bridgehead atoms. The molecule has 0 spiro atoms. The minimum Gasteiger partial charge on any atom is -0.288 e. The van der Waals surface area contributed by atoms with E-state index in [1.165, 1.54) is 25.7 Å². The van der Waals surface area contributed by atoms with Crippen molar-refractivity contribution in [2.75, 3.05) is 24.6 Å². The molecule has 0 N–H and O–H groups in total. The van der Waals surface area contributed by atoms with Gasteiger partial charge in [0.25, 0.3) is 0 Å². The van der Waals surface area contributed by atoms with E-state index in [-0.39, 0.29) is 6.04 Å².